The van der Waals surface area contributed by atoms with Crippen LogP contribution < -0.4 is 17.2 Å². The van der Waals surface area contributed by atoms with Crippen molar-refractivity contribution in [2.45, 2.75) is 30.1 Å². The van der Waals surface area contributed by atoms with Crippen molar-refractivity contribution in [3.05, 3.63) is 22.6 Å². The zero-order chi connectivity index (χ0) is 13.1. The van der Waals surface area contributed by atoms with Gasteiger partial charge in [0.2, 0.25) is 0 Å². The van der Waals surface area contributed by atoms with Crippen molar-refractivity contribution in [3.8, 4) is 0 Å². The summed E-state index contributed by atoms with van der Waals surface area (Å²) < 4.78 is 1.57. The highest BCUT2D eigenvalue weighted by molar-refractivity contribution is 7.99. The van der Waals surface area contributed by atoms with Gasteiger partial charge in [0, 0.05) is 6.54 Å². The van der Waals surface area contributed by atoms with Crippen LogP contribution in [-0.2, 0) is 6.54 Å². The van der Waals surface area contributed by atoms with Crippen molar-refractivity contribution < 1.29 is 0 Å². The van der Waals surface area contributed by atoms with E-state index in [1.54, 1.807) is 16.7 Å². The predicted octanol–water partition coefficient (Wildman–Crippen LogP) is 0.692. The molecule has 8 heteroatoms. The van der Waals surface area contributed by atoms with Crippen molar-refractivity contribution >= 4 is 23.3 Å². The first-order valence-electron chi connectivity index (χ1n) is 5.47. The van der Waals surface area contributed by atoms with Gasteiger partial charge in [0.1, 0.15) is 10.8 Å². The molecule has 0 saturated carbocycles. The number of hydrogen-bond donors (Lipinski definition) is 3. The van der Waals surface area contributed by atoms with Gasteiger partial charge in [0.25, 0.3) is 0 Å². The summed E-state index contributed by atoms with van der Waals surface area (Å²) in [7, 11) is 0. The van der Waals surface area contributed by atoms with E-state index in [0.29, 0.717) is 22.4 Å². The number of nitrogen functional groups attached to an aromatic ring is 2. The summed E-state index contributed by atoms with van der Waals surface area (Å²) in [6, 6.07) is 3.42. The van der Waals surface area contributed by atoms with Gasteiger partial charge < -0.3 is 11.5 Å². The molecule has 0 spiro atoms. The maximum Gasteiger partial charge on any atom is 0.343 e. The van der Waals surface area contributed by atoms with E-state index in [2.05, 4.69) is 15.2 Å². The molecule has 0 aliphatic carbocycles. The molecule has 5 N–H and O–H groups in total. The van der Waals surface area contributed by atoms with E-state index < -0.39 is 0 Å². The molecule has 18 heavy (non-hydrogen) atoms. The zero-order valence-electron chi connectivity index (χ0n) is 9.88. The maximum atomic E-state index is 11.5. The number of pyridine rings is 1. The molecule has 0 atom stereocenters. The van der Waals surface area contributed by atoms with Crippen LogP contribution in [0.2, 0.25) is 0 Å². The number of nitrogens with two attached hydrogens (primary N) is 2. The number of nitrogens with one attached hydrogen (secondary N) is 1. The van der Waals surface area contributed by atoms with E-state index in [1.807, 2.05) is 6.92 Å². The Morgan fingerprint density at radius 3 is 2.89 bits per heavy atom. The Kier molecular flexibility index (Phi) is 3.56. The highest BCUT2D eigenvalue weighted by Gasteiger charge is 2.10. The molecule has 2 aromatic rings. The number of aromatic nitrogens is 4. The van der Waals surface area contributed by atoms with Gasteiger partial charge in [-0.15, -0.1) is 5.10 Å². The van der Waals surface area contributed by atoms with Crippen LogP contribution in [0.5, 0.6) is 0 Å². The Hall–Kier alpha value is -1.96. The second-order valence-electron chi connectivity index (χ2n) is 3.69. The minimum absolute atomic E-state index is 0.220. The van der Waals surface area contributed by atoms with Crippen molar-refractivity contribution in [2.24, 2.45) is 0 Å². The minimum Gasteiger partial charge on any atom is -0.396 e. The monoisotopic (exact) mass is 266 g/mol. The Labute approximate surface area is 108 Å². The lowest BCUT2D eigenvalue weighted by Gasteiger charge is -2.04. The molecule has 0 aliphatic rings. The molecule has 0 unspecified atom stereocenters. The molecule has 2 aromatic heterocycles. The van der Waals surface area contributed by atoms with Crippen LogP contribution in [0.1, 0.15) is 13.3 Å². The normalized spacial score (nSPS) is 10.7. The Balaban J connectivity index is 2.28. The fourth-order valence-electron chi connectivity index (χ4n) is 1.42. The first-order valence-corrected chi connectivity index (χ1v) is 6.28. The summed E-state index contributed by atoms with van der Waals surface area (Å²) in [6.45, 7) is 2.61. The molecule has 0 bridgehead atoms. The lowest BCUT2D eigenvalue weighted by molar-refractivity contribution is 0.603. The molecular weight excluding hydrogens is 252 g/mol. The third-order valence-corrected chi connectivity index (χ3v) is 3.23. The van der Waals surface area contributed by atoms with Crippen molar-refractivity contribution in [1.29, 1.82) is 0 Å². The van der Waals surface area contributed by atoms with Crippen LogP contribution in [0, 0.1) is 0 Å². The number of aromatic amines is 1. The molecule has 7 nitrogen and oxygen atoms in total. The smallest absolute Gasteiger partial charge is 0.343 e. The second kappa shape index (κ2) is 5.13. The predicted molar refractivity (Wildman–Crippen MR) is 70.3 cm³/mol. The molecule has 0 saturated heterocycles. The molecule has 0 amide bonds. The van der Waals surface area contributed by atoms with Gasteiger partial charge in [0.15, 0.2) is 5.16 Å². The van der Waals surface area contributed by atoms with E-state index in [4.69, 9.17) is 11.5 Å². The molecule has 2 rings (SSSR count). The highest BCUT2D eigenvalue weighted by Crippen LogP contribution is 2.25. The lowest BCUT2D eigenvalue weighted by Crippen LogP contribution is -2.17. The first-order chi connectivity index (χ1) is 8.61. The van der Waals surface area contributed by atoms with Gasteiger partial charge >= 0.3 is 5.69 Å². The second-order valence-corrected chi connectivity index (χ2v) is 4.68. The SMILES string of the molecule is CCCn1c(Sc2ccc(N)c(N)n2)n[nH]c1=O. The van der Waals surface area contributed by atoms with Crippen molar-refractivity contribution in [1.82, 2.24) is 19.7 Å². The lowest BCUT2D eigenvalue weighted by atomic mass is 10.4. The number of anilines is 2. The van der Waals surface area contributed by atoms with Crippen LogP contribution in [0.25, 0.3) is 0 Å². The van der Waals surface area contributed by atoms with Crippen LogP contribution in [0.4, 0.5) is 11.5 Å². The van der Waals surface area contributed by atoms with Crippen molar-refractivity contribution in [3.63, 3.8) is 0 Å². The quantitative estimate of drug-likeness (QED) is 0.750. The summed E-state index contributed by atoms with van der Waals surface area (Å²) in [4.78, 5) is 15.6. The van der Waals surface area contributed by atoms with Crippen LogP contribution >= 0.6 is 11.8 Å². The molecular formula is C10H14N6OS. The number of hydrogen-bond acceptors (Lipinski definition) is 6. The Bertz CT molecular complexity index is 605. The van der Waals surface area contributed by atoms with Crippen LogP contribution in [-0.4, -0.2) is 19.7 Å². The van der Waals surface area contributed by atoms with Gasteiger partial charge in [-0.3, -0.25) is 4.57 Å². The third-order valence-electron chi connectivity index (χ3n) is 2.30. The minimum atomic E-state index is -0.220. The van der Waals surface area contributed by atoms with Gasteiger partial charge in [0.05, 0.1) is 5.69 Å². The average Bonchev–Trinajstić information content (AvgIpc) is 2.67. The average molecular weight is 266 g/mol. The van der Waals surface area contributed by atoms with Crippen molar-refractivity contribution in [2.75, 3.05) is 11.5 Å². The van der Waals surface area contributed by atoms with E-state index in [9.17, 15) is 4.79 Å². The Morgan fingerprint density at radius 1 is 1.44 bits per heavy atom. The third kappa shape index (κ3) is 2.48. The van der Waals surface area contributed by atoms with Gasteiger partial charge in [-0.2, -0.15) is 0 Å². The van der Waals surface area contributed by atoms with E-state index in [1.165, 1.54) is 11.8 Å². The zero-order valence-corrected chi connectivity index (χ0v) is 10.7. The summed E-state index contributed by atoms with van der Waals surface area (Å²) >= 11 is 1.27. The molecule has 96 valence electrons. The maximum absolute atomic E-state index is 11.5. The fourth-order valence-corrected chi connectivity index (χ4v) is 2.26. The molecule has 0 fully saturated rings. The number of H-pyrrole nitrogens is 1. The molecule has 0 aromatic carbocycles. The Morgan fingerprint density at radius 2 is 2.22 bits per heavy atom. The summed E-state index contributed by atoms with van der Waals surface area (Å²) in [5, 5.41) is 7.60. The van der Waals surface area contributed by atoms with E-state index in [0.717, 1.165) is 6.42 Å². The van der Waals surface area contributed by atoms with E-state index in [-0.39, 0.29) is 11.5 Å². The number of rotatable bonds is 4. The van der Waals surface area contributed by atoms with Gasteiger partial charge in [-0.05, 0) is 30.3 Å². The number of nitrogens with zero attached hydrogens (tertiary/aromatic N) is 3. The van der Waals surface area contributed by atoms with E-state index >= 15 is 0 Å². The van der Waals surface area contributed by atoms with Gasteiger partial charge in [-0.1, -0.05) is 6.92 Å². The molecule has 0 radical (unpaired) electrons. The fraction of sp³-hybridized carbons (Fsp3) is 0.300. The summed E-state index contributed by atoms with van der Waals surface area (Å²) in [6.07, 6.45) is 0.851. The topological polar surface area (TPSA) is 116 Å². The van der Waals surface area contributed by atoms with Crippen LogP contribution in [0.3, 0.4) is 0 Å². The van der Waals surface area contributed by atoms with Gasteiger partial charge in [-0.25, -0.2) is 14.9 Å². The molecule has 2 heterocycles. The van der Waals surface area contributed by atoms with Crippen LogP contribution in [0.15, 0.2) is 27.1 Å². The first kappa shape index (κ1) is 12.5. The standard InChI is InChI=1S/C10H14N6OS/c1-2-5-16-9(17)14-15-10(16)18-7-4-3-6(11)8(12)13-7/h3-4H,2,5,11H2,1H3,(H2,12,13)(H,14,17). The molecule has 0 aliphatic heterocycles. The largest absolute Gasteiger partial charge is 0.396 e. The highest BCUT2D eigenvalue weighted by atomic mass is 32.2. The summed E-state index contributed by atoms with van der Waals surface area (Å²) in [5.41, 5.74) is 11.4. The summed E-state index contributed by atoms with van der Waals surface area (Å²) in [5.74, 6) is 0.278.